The molecule has 2 fully saturated rings. The van der Waals surface area contributed by atoms with Gasteiger partial charge in [0.05, 0.1) is 60.7 Å². The number of aromatic nitrogens is 2. The van der Waals surface area contributed by atoms with Crippen LogP contribution < -0.4 is 15.5 Å². The fourth-order valence-electron chi connectivity index (χ4n) is 6.46. The average molecular weight is 757 g/mol. The monoisotopic (exact) mass is 756 g/mol. The van der Waals surface area contributed by atoms with Gasteiger partial charge in [-0.15, -0.1) is 0 Å². The van der Waals surface area contributed by atoms with E-state index in [2.05, 4.69) is 71.2 Å². The van der Waals surface area contributed by atoms with Gasteiger partial charge in [0.1, 0.15) is 28.7 Å². The number of hydrogen-bond acceptors (Lipinski definition) is 9. The van der Waals surface area contributed by atoms with Crippen LogP contribution in [0.2, 0.25) is 18.1 Å². The second-order valence-electron chi connectivity index (χ2n) is 16.7. The van der Waals surface area contributed by atoms with E-state index in [4.69, 9.17) is 13.9 Å². The van der Waals surface area contributed by atoms with Gasteiger partial charge in [0.25, 0.3) is 0 Å². The van der Waals surface area contributed by atoms with E-state index < -0.39 is 48.7 Å². The SMILES string of the molecule is C[C@H]1CN(c2ccncc2NCc2ccc(F)c(-c3c(F)cc(CN4CCOCC4)cc3F)n2)C[C@@H](NC(=O)OC(C)(C)C)[C@@H]1O[Si](C)(C)C(C)(C)C. The van der Waals surface area contributed by atoms with Crippen molar-refractivity contribution >= 4 is 25.8 Å². The minimum absolute atomic E-state index is 0.0270. The minimum atomic E-state index is -2.21. The van der Waals surface area contributed by atoms with E-state index in [-0.39, 0.29) is 29.6 Å². The van der Waals surface area contributed by atoms with Crippen molar-refractivity contribution in [2.45, 2.75) is 97.4 Å². The van der Waals surface area contributed by atoms with Gasteiger partial charge >= 0.3 is 6.09 Å². The van der Waals surface area contributed by atoms with E-state index in [1.807, 2.05) is 26.8 Å². The molecule has 1 aromatic carbocycles. The summed E-state index contributed by atoms with van der Waals surface area (Å²) >= 11 is 0. The first-order valence-corrected chi connectivity index (χ1v) is 21.3. The van der Waals surface area contributed by atoms with Gasteiger partial charge < -0.3 is 29.4 Å². The van der Waals surface area contributed by atoms with Gasteiger partial charge in [-0.2, -0.15) is 0 Å². The zero-order chi connectivity index (χ0) is 38.7. The highest BCUT2D eigenvalue weighted by atomic mass is 28.4. The number of amides is 1. The number of benzene rings is 1. The van der Waals surface area contributed by atoms with Gasteiger partial charge in [-0.25, -0.2) is 22.9 Å². The Hall–Kier alpha value is -3.72. The van der Waals surface area contributed by atoms with Crippen molar-refractivity contribution in [1.82, 2.24) is 20.2 Å². The Morgan fingerprint density at radius 3 is 2.32 bits per heavy atom. The third-order valence-electron chi connectivity index (χ3n) is 10.2. The number of hydrogen-bond donors (Lipinski definition) is 2. The topological polar surface area (TPSA) is 101 Å². The molecule has 3 aromatic rings. The maximum Gasteiger partial charge on any atom is 0.408 e. The Labute approximate surface area is 312 Å². The number of halogens is 3. The zero-order valence-electron chi connectivity index (χ0n) is 32.5. The van der Waals surface area contributed by atoms with Gasteiger partial charge in [-0.05, 0) is 74.8 Å². The summed E-state index contributed by atoms with van der Waals surface area (Å²) in [5, 5.41) is 6.44. The fraction of sp³-hybridized carbons (Fsp3) is 0.564. The van der Waals surface area contributed by atoms with E-state index >= 15 is 13.2 Å². The van der Waals surface area contributed by atoms with Crippen LogP contribution in [0.15, 0.2) is 42.7 Å². The standard InChI is InChI=1S/C39H55F3N6O4Si/c1-25-22-48(24-32(46-37(49)51-38(2,3)4)36(25)52-53(8,9)39(5,6)7)33-12-13-43-21-31(33)44-20-27-10-11-28(40)35(45-27)34-29(41)18-26(19-30(34)42)23-47-14-16-50-17-15-47/h10-13,18-19,21,25,32,36,44H,14-17,20,22-24H2,1-9H3,(H,46,49)/t25-,32+,36+/m0/s1. The summed E-state index contributed by atoms with van der Waals surface area (Å²) in [4.78, 5) is 26.0. The molecule has 2 aliphatic rings. The number of nitrogens with zero attached hydrogens (tertiary/aromatic N) is 4. The van der Waals surface area contributed by atoms with Crippen LogP contribution >= 0.6 is 0 Å². The van der Waals surface area contributed by atoms with Crippen molar-refractivity contribution < 1.29 is 31.9 Å². The molecule has 14 heteroatoms. The third-order valence-corrected chi connectivity index (χ3v) is 14.6. The molecular formula is C39H55F3N6O4Si. The maximum atomic E-state index is 15.4. The average Bonchev–Trinajstić information content (AvgIpc) is 3.05. The second kappa shape index (κ2) is 16.3. The molecule has 0 radical (unpaired) electrons. The molecule has 53 heavy (non-hydrogen) atoms. The van der Waals surface area contributed by atoms with Crippen LogP contribution in [0.5, 0.6) is 0 Å². The quantitative estimate of drug-likeness (QED) is 0.201. The van der Waals surface area contributed by atoms with E-state index in [0.29, 0.717) is 62.9 Å². The summed E-state index contributed by atoms with van der Waals surface area (Å²) in [6, 6.07) is 6.65. The fourth-order valence-corrected chi connectivity index (χ4v) is 7.89. The second-order valence-corrected chi connectivity index (χ2v) is 21.4. The lowest BCUT2D eigenvalue weighted by atomic mass is 9.92. The number of morpholine rings is 1. The number of anilines is 2. The molecular weight excluding hydrogens is 702 g/mol. The molecule has 2 aromatic heterocycles. The van der Waals surface area contributed by atoms with Crippen molar-refractivity contribution in [2.24, 2.45) is 5.92 Å². The van der Waals surface area contributed by atoms with E-state index in [1.165, 1.54) is 24.3 Å². The highest BCUT2D eigenvalue weighted by Crippen LogP contribution is 2.40. The normalized spacial score (nSPS) is 20.3. The summed E-state index contributed by atoms with van der Waals surface area (Å²) in [6.07, 6.45) is 2.63. The molecule has 2 aliphatic heterocycles. The first-order valence-electron chi connectivity index (χ1n) is 18.4. The number of pyridine rings is 2. The minimum Gasteiger partial charge on any atom is -0.444 e. The summed E-state index contributed by atoms with van der Waals surface area (Å²) in [5.74, 6) is -2.53. The molecule has 3 atom stereocenters. The smallest absolute Gasteiger partial charge is 0.408 e. The molecule has 0 saturated carbocycles. The van der Waals surface area contributed by atoms with Crippen LogP contribution in [-0.4, -0.2) is 86.4 Å². The number of carbonyl (C=O) groups excluding carboxylic acids is 1. The van der Waals surface area contributed by atoms with Crippen molar-refractivity contribution in [1.29, 1.82) is 0 Å². The first-order chi connectivity index (χ1) is 24.8. The summed E-state index contributed by atoms with van der Waals surface area (Å²) in [6.45, 7) is 22.7. The maximum absolute atomic E-state index is 15.4. The number of rotatable bonds is 10. The van der Waals surface area contributed by atoms with E-state index in [9.17, 15) is 4.79 Å². The van der Waals surface area contributed by atoms with Crippen molar-refractivity contribution in [3.8, 4) is 11.3 Å². The van der Waals surface area contributed by atoms with Crippen LogP contribution in [0.25, 0.3) is 11.3 Å². The van der Waals surface area contributed by atoms with Crippen LogP contribution in [0.1, 0.15) is 59.7 Å². The highest BCUT2D eigenvalue weighted by molar-refractivity contribution is 6.74. The number of ether oxygens (including phenoxy) is 2. The molecule has 0 aliphatic carbocycles. The van der Waals surface area contributed by atoms with Gasteiger partial charge in [0.15, 0.2) is 8.32 Å². The molecule has 4 heterocycles. The molecule has 10 nitrogen and oxygen atoms in total. The third kappa shape index (κ3) is 10.3. The largest absolute Gasteiger partial charge is 0.444 e. The van der Waals surface area contributed by atoms with Gasteiger partial charge in [0.2, 0.25) is 0 Å². The van der Waals surface area contributed by atoms with Crippen molar-refractivity contribution in [3.05, 3.63) is 71.4 Å². The number of piperidine rings is 1. The Bertz CT molecular complexity index is 1720. The Morgan fingerprint density at radius 1 is 1.00 bits per heavy atom. The van der Waals surface area contributed by atoms with Gasteiger partial charge in [-0.3, -0.25) is 9.88 Å². The van der Waals surface area contributed by atoms with Crippen molar-refractivity contribution in [3.63, 3.8) is 0 Å². The van der Waals surface area contributed by atoms with Crippen LogP contribution in [-0.2, 0) is 27.0 Å². The number of carbonyl (C=O) groups is 1. The van der Waals surface area contributed by atoms with E-state index in [1.54, 1.807) is 12.4 Å². The predicted octanol–water partition coefficient (Wildman–Crippen LogP) is 7.75. The molecule has 5 rings (SSSR count). The van der Waals surface area contributed by atoms with Crippen LogP contribution in [0, 0.1) is 23.4 Å². The molecule has 0 spiro atoms. The lowest BCUT2D eigenvalue weighted by Gasteiger charge is -2.48. The Kier molecular flexibility index (Phi) is 12.5. The summed E-state index contributed by atoms with van der Waals surface area (Å²) in [5.41, 5.74) is 0.795. The molecule has 0 bridgehead atoms. The van der Waals surface area contributed by atoms with Gasteiger partial charge in [-0.1, -0.05) is 27.7 Å². The van der Waals surface area contributed by atoms with Gasteiger partial charge in [0, 0.05) is 44.8 Å². The Balaban J connectivity index is 1.35. The number of alkyl carbamates (subject to hydrolysis) is 1. The van der Waals surface area contributed by atoms with Crippen molar-refractivity contribution in [2.75, 3.05) is 49.6 Å². The molecule has 2 saturated heterocycles. The molecule has 2 N–H and O–H groups in total. The highest BCUT2D eigenvalue weighted by Gasteiger charge is 2.45. The summed E-state index contributed by atoms with van der Waals surface area (Å²) < 4.78 is 63.9. The summed E-state index contributed by atoms with van der Waals surface area (Å²) in [7, 11) is -2.21. The first kappa shape index (κ1) is 40.5. The molecule has 1 amide bonds. The lowest BCUT2D eigenvalue weighted by Crippen LogP contribution is -2.62. The number of nitrogens with one attached hydrogen (secondary N) is 2. The molecule has 0 unspecified atom stereocenters. The molecule has 290 valence electrons. The van der Waals surface area contributed by atoms with Crippen LogP contribution in [0.3, 0.4) is 0 Å². The zero-order valence-corrected chi connectivity index (χ0v) is 33.5. The predicted molar refractivity (Wildman–Crippen MR) is 204 cm³/mol. The lowest BCUT2D eigenvalue weighted by molar-refractivity contribution is 0.0335. The van der Waals surface area contributed by atoms with E-state index in [0.717, 1.165) is 5.69 Å². The van der Waals surface area contributed by atoms with Crippen LogP contribution in [0.4, 0.5) is 29.3 Å². The Morgan fingerprint density at radius 2 is 1.68 bits per heavy atom.